The molecule has 5 rings (SSSR count). The Kier molecular flexibility index (Phi) is 3.62. The van der Waals surface area contributed by atoms with E-state index in [1.54, 1.807) is 6.92 Å². The summed E-state index contributed by atoms with van der Waals surface area (Å²) in [4.78, 5) is 23.7. The van der Waals surface area contributed by atoms with Crippen LogP contribution in [0.15, 0.2) is 11.6 Å². The molecular weight excluding hydrogens is 340 g/mol. The summed E-state index contributed by atoms with van der Waals surface area (Å²) in [6, 6.07) is 0. The minimum Gasteiger partial charge on any atom is -0.462 e. The summed E-state index contributed by atoms with van der Waals surface area (Å²) < 4.78 is 11.6. The molecule has 1 aliphatic heterocycles. The summed E-state index contributed by atoms with van der Waals surface area (Å²) in [5.74, 6) is 2.02. The van der Waals surface area contributed by atoms with E-state index in [2.05, 4.69) is 19.9 Å². The van der Waals surface area contributed by atoms with E-state index >= 15 is 0 Å². The molecule has 4 heteroatoms. The Hall–Kier alpha value is -1.16. The predicted octanol–water partition coefficient (Wildman–Crippen LogP) is 4.22. The van der Waals surface area contributed by atoms with Gasteiger partial charge in [-0.1, -0.05) is 25.5 Å². The first kappa shape index (κ1) is 17.9. The van der Waals surface area contributed by atoms with Gasteiger partial charge in [0.1, 0.15) is 12.2 Å². The van der Waals surface area contributed by atoms with Crippen molar-refractivity contribution < 1.29 is 19.1 Å². The molecule has 4 nitrogen and oxygen atoms in total. The number of allylic oxidation sites excluding steroid dienone is 1. The fourth-order valence-corrected chi connectivity index (χ4v) is 7.76. The summed E-state index contributed by atoms with van der Waals surface area (Å²) >= 11 is 0. The SMILES string of the molecule is CC(=O)O[C@H]1CC[C@@]2(C)C(=CC[C@@H]3[C@H]4C[C@@]5(C(C)=O)O[C@@H]5[C@@]4(C)CC[C@H]32)C1. The highest BCUT2D eigenvalue weighted by Crippen LogP contribution is 2.72. The van der Waals surface area contributed by atoms with Crippen LogP contribution in [0.3, 0.4) is 0 Å². The first-order chi connectivity index (χ1) is 12.7. The quantitative estimate of drug-likeness (QED) is 0.414. The lowest BCUT2D eigenvalue weighted by Crippen LogP contribution is -2.51. The van der Waals surface area contributed by atoms with Crippen molar-refractivity contribution in [3.05, 3.63) is 11.6 Å². The van der Waals surface area contributed by atoms with E-state index < -0.39 is 5.60 Å². The third-order valence-corrected chi connectivity index (χ3v) is 9.24. The molecule has 4 fully saturated rings. The molecule has 0 spiro atoms. The standard InChI is InChI=1S/C23H32O4/c1-13(24)23-12-19-17-6-5-15-11-16(26-14(2)25)7-9-21(15,3)18(17)8-10-22(19,4)20(23)27-23/h5,16-20H,6-12H2,1-4H3/t16-,17-,18+,19+,20+,21-,22-,23-/m0/s1. The number of Topliss-reactive ketones (excluding diaryl/α,β-unsaturated/α-hetero) is 1. The molecule has 0 unspecified atom stereocenters. The largest absolute Gasteiger partial charge is 0.462 e. The molecule has 0 aromatic carbocycles. The summed E-state index contributed by atoms with van der Waals surface area (Å²) in [7, 11) is 0. The van der Waals surface area contributed by atoms with Crippen molar-refractivity contribution in [3.8, 4) is 0 Å². The van der Waals surface area contributed by atoms with Crippen LogP contribution in [0.25, 0.3) is 0 Å². The van der Waals surface area contributed by atoms with E-state index in [0.717, 1.165) is 32.1 Å². The second-order valence-corrected chi connectivity index (χ2v) is 10.4. The highest BCUT2D eigenvalue weighted by Gasteiger charge is 2.77. The average molecular weight is 373 g/mol. The number of fused-ring (bicyclic) bond motifs is 7. The minimum absolute atomic E-state index is 0.0562. The van der Waals surface area contributed by atoms with Crippen molar-refractivity contribution in [2.24, 2.45) is 28.6 Å². The maximum absolute atomic E-state index is 12.3. The van der Waals surface area contributed by atoms with Gasteiger partial charge in [0.15, 0.2) is 11.4 Å². The Morgan fingerprint density at radius 2 is 1.93 bits per heavy atom. The number of rotatable bonds is 2. The monoisotopic (exact) mass is 372 g/mol. The lowest BCUT2D eigenvalue weighted by molar-refractivity contribution is -0.148. The van der Waals surface area contributed by atoms with Gasteiger partial charge in [0, 0.05) is 18.8 Å². The summed E-state index contributed by atoms with van der Waals surface area (Å²) in [6.07, 6.45) is 10.1. The first-order valence-electron chi connectivity index (χ1n) is 10.8. The molecule has 8 atom stereocenters. The van der Waals surface area contributed by atoms with Gasteiger partial charge in [-0.2, -0.15) is 0 Å². The number of hydrogen-bond donors (Lipinski definition) is 0. The second kappa shape index (κ2) is 5.46. The fraction of sp³-hybridized carbons (Fsp3) is 0.826. The molecule has 0 radical (unpaired) electrons. The number of esters is 1. The topological polar surface area (TPSA) is 55.9 Å². The van der Waals surface area contributed by atoms with Crippen molar-refractivity contribution in [1.82, 2.24) is 0 Å². The van der Waals surface area contributed by atoms with Gasteiger partial charge < -0.3 is 9.47 Å². The van der Waals surface area contributed by atoms with Gasteiger partial charge in [0.2, 0.25) is 0 Å². The zero-order valence-corrected chi connectivity index (χ0v) is 17.0. The van der Waals surface area contributed by atoms with E-state index in [0.29, 0.717) is 17.8 Å². The average Bonchev–Trinajstić information content (AvgIpc) is 3.28. The van der Waals surface area contributed by atoms with E-state index in [9.17, 15) is 9.59 Å². The third-order valence-electron chi connectivity index (χ3n) is 9.24. The van der Waals surface area contributed by atoms with E-state index in [-0.39, 0.29) is 34.8 Å². The second-order valence-electron chi connectivity index (χ2n) is 10.4. The number of carbonyl (C=O) groups is 2. The molecule has 0 aromatic rings. The van der Waals surface area contributed by atoms with Crippen LogP contribution in [0.2, 0.25) is 0 Å². The number of ether oxygens (including phenoxy) is 2. The van der Waals surface area contributed by atoms with Crippen molar-refractivity contribution in [2.45, 2.75) is 90.4 Å². The van der Waals surface area contributed by atoms with Crippen LogP contribution in [-0.4, -0.2) is 29.6 Å². The molecule has 148 valence electrons. The lowest BCUT2D eigenvalue weighted by Gasteiger charge is -2.57. The highest BCUT2D eigenvalue weighted by molar-refractivity contribution is 5.89. The summed E-state index contributed by atoms with van der Waals surface area (Å²) in [5.41, 5.74) is 1.47. The van der Waals surface area contributed by atoms with Crippen LogP contribution >= 0.6 is 0 Å². The Bertz CT molecular complexity index is 741. The maximum atomic E-state index is 12.3. The maximum Gasteiger partial charge on any atom is 0.302 e. The van der Waals surface area contributed by atoms with Crippen molar-refractivity contribution in [2.75, 3.05) is 0 Å². The Labute approximate surface area is 162 Å². The van der Waals surface area contributed by atoms with Crippen LogP contribution < -0.4 is 0 Å². The molecular formula is C23H32O4. The van der Waals surface area contributed by atoms with Crippen LogP contribution in [0.5, 0.6) is 0 Å². The predicted molar refractivity (Wildman–Crippen MR) is 101 cm³/mol. The molecule has 5 aliphatic rings. The highest BCUT2D eigenvalue weighted by atomic mass is 16.6. The van der Waals surface area contributed by atoms with Gasteiger partial charge in [-0.05, 0) is 68.6 Å². The molecule has 1 heterocycles. The summed E-state index contributed by atoms with van der Waals surface area (Å²) in [6.45, 7) is 8.07. The van der Waals surface area contributed by atoms with E-state index in [1.807, 2.05) is 0 Å². The first-order valence-corrected chi connectivity index (χ1v) is 10.8. The Morgan fingerprint density at radius 1 is 1.15 bits per heavy atom. The van der Waals surface area contributed by atoms with Crippen LogP contribution in [0, 0.1) is 28.6 Å². The van der Waals surface area contributed by atoms with Gasteiger partial charge in [0.25, 0.3) is 0 Å². The third kappa shape index (κ3) is 2.25. The Balaban J connectivity index is 1.42. The van der Waals surface area contributed by atoms with Gasteiger partial charge in [-0.25, -0.2) is 0 Å². The normalized spacial score (nSPS) is 52.6. The zero-order valence-electron chi connectivity index (χ0n) is 17.0. The number of epoxide rings is 1. The number of carbonyl (C=O) groups excluding carboxylic acids is 2. The van der Waals surface area contributed by atoms with Gasteiger partial charge in [0.05, 0.1) is 0 Å². The summed E-state index contributed by atoms with van der Waals surface area (Å²) in [5, 5.41) is 0. The molecule has 0 aromatic heterocycles. The smallest absolute Gasteiger partial charge is 0.302 e. The van der Waals surface area contributed by atoms with E-state index in [4.69, 9.17) is 9.47 Å². The van der Waals surface area contributed by atoms with Crippen molar-refractivity contribution in [1.29, 1.82) is 0 Å². The van der Waals surface area contributed by atoms with Crippen LogP contribution in [0.1, 0.15) is 72.6 Å². The van der Waals surface area contributed by atoms with Crippen LogP contribution in [-0.2, 0) is 19.1 Å². The van der Waals surface area contributed by atoms with Crippen LogP contribution in [0.4, 0.5) is 0 Å². The lowest BCUT2D eigenvalue weighted by atomic mass is 9.48. The Morgan fingerprint density at radius 3 is 2.63 bits per heavy atom. The fourth-order valence-electron chi connectivity index (χ4n) is 7.76. The molecule has 0 N–H and O–H groups in total. The van der Waals surface area contributed by atoms with Crippen molar-refractivity contribution in [3.63, 3.8) is 0 Å². The number of ketones is 1. The molecule has 4 aliphatic carbocycles. The molecule has 0 bridgehead atoms. The molecule has 3 saturated carbocycles. The van der Waals surface area contributed by atoms with Gasteiger partial charge >= 0.3 is 5.97 Å². The van der Waals surface area contributed by atoms with Gasteiger partial charge in [-0.15, -0.1) is 0 Å². The zero-order chi connectivity index (χ0) is 19.2. The molecule has 1 saturated heterocycles. The minimum atomic E-state index is -0.452. The molecule has 0 amide bonds. The van der Waals surface area contributed by atoms with E-state index in [1.165, 1.54) is 25.3 Å². The number of hydrogen-bond acceptors (Lipinski definition) is 4. The van der Waals surface area contributed by atoms with Crippen molar-refractivity contribution >= 4 is 11.8 Å². The van der Waals surface area contributed by atoms with Gasteiger partial charge in [-0.3, -0.25) is 9.59 Å². The molecule has 27 heavy (non-hydrogen) atoms.